The fourth-order valence-corrected chi connectivity index (χ4v) is 2.63. The van der Waals surface area contributed by atoms with Crippen molar-refractivity contribution in [2.45, 2.75) is 0 Å². The maximum absolute atomic E-state index is 9.99. The number of nitrogens with two attached hydrogens (primary N) is 1. The minimum absolute atomic E-state index is 0.0678. The Morgan fingerprint density at radius 3 is 1.74 bits per heavy atom. The van der Waals surface area contributed by atoms with Gasteiger partial charge in [0, 0.05) is 11.1 Å². The molecule has 112 valence electrons. The van der Waals surface area contributed by atoms with Crippen LogP contribution in [0.15, 0.2) is 60.7 Å². The second-order valence-electron chi connectivity index (χ2n) is 5.24. The van der Waals surface area contributed by atoms with Crippen LogP contribution in [0.25, 0.3) is 33.5 Å². The molecule has 5 nitrogen and oxygen atoms in total. The molecule has 23 heavy (non-hydrogen) atoms. The Kier molecular flexibility index (Phi) is 2.98. The van der Waals surface area contributed by atoms with Gasteiger partial charge in [-0.05, 0) is 0 Å². The van der Waals surface area contributed by atoms with Gasteiger partial charge in [-0.25, -0.2) is 9.97 Å². The summed E-state index contributed by atoms with van der Waals surface area (Å²) >= 11 is 0. The Labute approximate surface area is 132 Å². The SMILES string of the molecule is Nc1[nH]c(O)c2nc(-c3ccccc3)c(-c3ccccc3)nc12. The molecule has 0 saturated carbocycles. The minimum atomic E-state index is -0.0678. The summed E-state index contributed by atoms with van der Waals surface area (Å²) in [7, 11) is 0. The van der Waals surface area contributed by atoms with E-state index in [2.05, 4.69) is 15.0 Å². The number of benzene rings is 2. The quantitative estimate of drug-likeness (QED) is 0.528. The average Bonchev–Trinajstić information content (AvgIpc) is 2.89. The summed E-state index contributed by atoms with van der Waals surface area (Å²) in [4.78, 5) is 12.0. The van der Waals surface area contributed by atoms with Crippen LogP contribution in [-0.4, -0.2) is 20.1 Å². The summed E-state index contributed by atoms with van der Waals surface area (Å²) in [6, 6.07) is 19.6. The molecule has 0 unspecified atom stereocenters. The van der Waals surface area contributed by atoms with E-state index >= 15 is 0 Å². The number of nitrogens with one attached hydrogen (secondary N) is 1. The van der Waals surface area contributed by atoms with Crippen molar-refractivity contribution in [3.63, 3.8) is 0 Å². The summed E-state index contributed by atoms with van der Waals surface area (Å²) in [5.41, 5.74) is 10.1. The van der Waals surface area contributed by atoms with Gasteiger partial charge < -0.3 is 15.8 Å². The lowest BCUT2D eigenvalue weighted by Gasteiger charge is -2.09. The molecule has 2 heterocycles. The first-order valence-corrected chi connectivity index (χ1v) is 7.23. The normalized spacial score (nSPS) is 11.0. The van der Waals surface area contributed by atoms with E-state index in [1.54, 1.807) is 0 Å². The number of nitrogens with zero attached hydrogens (tertiary/aromatic N) is 2. The zero-order valence-corrected chi connectivity index (χ0v) is 12.2. The Bertz CT molecular complexity index is 899. The lowest BCUT2D eigenvalue weighted by atomic mass is 10.0. The molecule has 2 aromatic carbocycles. The van der Waals surface area contributed by atoms with Crippen molar-refractivity contribution in [3.8, 4) is 28.4 Å². The first-order chi connectivity index (χ1) is 11.2. The summed E-state index contributed by atoms with van der Waals surface area (Å²) in [6.07, 6.45) is 0. The lowest BCUT2D eigenvalue weighted by Crippen LogP contribution is -1.95. The van der Waals surface area contributed by atoms with Crippen LogP contribution in [0.3, 0.4) is 0 Å². The van der Waals surface area contributed by atoms with E-state index in [0.717, 1.165) is 16.8 Å². The molecule has 0 aliphatic carbocycles. The number of aromatic amines is 1. The predicted octanol–water partition coefficient (Wildman–Crippen LogP) is 3.58. The highest BCUT2D eigenvalue weighted by Gasteiger charge is 2.17. The van der Waals surface area contributed by atoms with E-state index in [1.807, 2.05) is 60.7 Å². The topological polar surface area (TPSA) is 87.8 Å². The van der Waals surface area contributed by atoms with Gasteiger partial charge in [-0.15, -0.1) is 0 Å². The number of aromatic hydroxyl groups is 1. The van der Waals surface area contributed by atoms with E-state index < -0.39 is 0 Å². The second kappa shape index (κ2) is 5.14. The number of fused-ring (bicyclic) bond motifs is 1. The van der Waals surface area contributed by atoms with E-state index in [1.165, 1.54) is 0 Å². The number of rotatable bonds is 2. The van der Waals surface area contributed by atoms with Gasteiger partial charge in [0.2, 0.25) is 5.88 Å². The molecule has 0 fully saturated rings. The number of hydrogen-bond donors (Lipinski definition) is 3. The van der Waals surface area contributed by atoms with Gasteiger partial charge in [0.1, 0.15) is 11.3 Å². The van der Waals surface area contributed by atoms with Gasteiger partial charge in [0.25, 0.3) is 0 Å². The highest BCUT2D eigenvalue weighted by molar-refractivity contribution is 5.94. The maximum atomic E-state index is 9.99. The molecule has 0 aliphatic heterocycles. The summed E-state index contributed by atoms with van der Waals surface area (Å²) in [6.45, 7) is 0. The molecule has 0 bridgehead atoms. The number of anilines is 1. The molecule has 4 aromatic rings. The molecule has 0 amide bonds. The van der Waals surface area contributed by atoms with Crippen LogP contribution in [0.5, 0.6) is 5.88 Å². The van der Waals surface area contributed by atoms with E-state index in [4.69, 9.17) is 5.73 Å². The number of hydrogen-bond acceptors (Lipinski definition) is 4. The minimum Gasteiger partial charge on any atom is -0.493 e. The largest absolute Gasteiger partial charge is 0.493 e. The highest BCUT2D eigenvalue weighted by Crippen LogP contribution is 2.34. The zero-order chi connectivity index (χ0) is 15.8. The molecule has 2 aromatic heterocycles. The van der Waals surface area contributed by atoms with Gasteiger partial charge in [-0.1, -0.05) is 60.7 Å². The van der Waals surface area contributed by atoms with Crippen molar-refractivity contribution in [3.05, 3.63) is 60.7 Å². The van der Waals surface area contributed by atoms with E-state index in [9.17, 15) is 5.11 Å². The third kappa shape index (κ3) is 2.19. The summed E-state index contributed by atoms with van der Waals surface area (Å²) < 4.78 is 0. The molecular formula is C18H14N4O. The molecule has 4 rings (SSSR count). The first kappa shape index (κ1) is 13.3. The standard InChI is InChI=1S/C18H14N4O/c19-17-15-16(18(23)22-17)21-14(12-9-5-2-6-10-12)13(20-15)11-7-3-1-4-8-11/h1-10,22-23H,19H2. The Morgan fingerprint density at radius 2 is 1.22 bits per heavy atom. The zero-order valence-electron chi connectivity index (χ0n) is 12.2. The maximum Gasteiger partial charge on any atom is 0.219 e. The fraction of sp³-hybridized carbons (Fsp3) is 0. The van der Waals surface area contributed by atoms with Crippen molar-refractivity contribution in [1.82, 2.24) is 15.0 Å². The van der Waals surface area contributed by atoms with Crippen molar-refractivity contribution in [2.24, 2.45) is 0 Å². The van der Waals surface area contributed by atoms with E-state index in [-0.39, 0.29) is 5.88 Å². The lowest BCUT2D eigenvalue weighted by molar-refractivity contribution is 0.462. The monoisotopic (exact) mass is 302 g/mol. The van der Waals surface area contributed by atoms with Crippen LogP contribution < -0.4 is 5.73 Å². The van der Waals surface area contributed by atoms with Gasteiger partial charge in [-0.3, -0.25) is 0 Å². The molecular weight excluding hydrogens is 288 g/mol. The Balaban J connectivity index is 2.08. The van der Waals surface area contributed by atoms with Crippen molar-refractivity contribution in [1.29, 1.82) is 0 Å². The van der Waals surface area contributed by atoms with Crippen LogP contribution in [0, 0.1) is 0 Å². The molecule has 0 spiro atoms. The van der Waals surface area contributed by atoms with Crippen molar-refractivity contribution >= 4 is 16.9 Å². The van der Waals surface area contributed by atoms with Gasteiger partial charge >= 0.3 is 0 Å². The fourth-order valence-electron chi connectivity index (χ4n) is 2.63. The van der Waals surface area contributed by atoms with Gasteiger partial charge in [0.05, 0.1) is 11.4 Å². The first-order valence-electron chi connectivity index (χ1n) is 7.23. The number of nitrogen functional groups attached to an aromatic ring is 1. The molecule has 0 aliphatic rings. The third-order valence-electron chi connectivity index (χ3n) is 3.72. The Hall–Kier alpha value is -3.34. The molecule has 0 atom stereocenters. The number of H-pyrrole nitrogens is 1. The average molecular weight is 302 g/mol. The smallest absolute Gasteiger partial charge is 0.219 e. The highest BCUT2D eigenvalue weighted by atomic mass is 16.3. The van der Waals surface area contributed by atoms with E-state index in [0.29, 0.717) is 22.5 Å². The summed E-state index contributed by atoms with van der Waals surface area (Å²) in [5.74, 6) is 0.239. The molecule has 0 radical (unpaired) electrons. The van der Waals surface area contributed by atoms with Crippen molar-refractivity contribution < 1.29 is 5.11 Å². The van der Waals surface area contributed by atoms with Gasteiger partial charge in [-0.2, -0.15) is 0 Å². The van der Waals surface area contributed by atoms with Gasteiger partial charge in [0.15, 0.2) is 5.52 Å². The molecule has 5 heteroatoms. The van der Waals surface area contributed by atoms with Crippen LogP contribution in [0.4, 0.5) is 5.82 Å². The Morgan fingerprint density at radius 1 is 0.739 bits per heavy atom. The predicted molar refractivity (Wildman–Crippen MR) is 90.8 cm³/mol. The second-order valence-corrected chi connectivity index (χ2v) is 5.24. The summed E-state index contributed by atoms with van der Waals surface area (Å²) in [5, 5.41) is 9.99. The molecule has 0 saturated heterocycles. The number of aromatic nitrogens is 3. The van der Waals surface area contributed by atoms with Crippen LogP contribution in [-0.2, 0) is 0 Å². The molecule has 4 N–H and O–H groups in total. The van der Waals surface area contributed by atoms with Crippen LogP contribution in [0.2, 0.25) is 0 Å². The van der Waals surface area contributed by atoms with Crippen molar-refractivity contribution in [2.75, 3.05) is 5.73 Å². The third-order valence-corrected chi connectivity index (χ3v) is 3.72. The van der Waals surface area contributed by atoms with Crippen LogP contribution in [0.1, 0.15) is 0 Å². The van der Waals surface area contributed by atoms with Crippen LogP contribution >= 0.6 is 0 Å².